The Hall–Kier alpha value is -3.12. The lowest BCUT2D eigenvalue weighted by Gasteiger charge is -2.15. The minimum absolute atomic E-state index is 0.0299. The zero-order chi connectivity index (χ0) is 26.5. The van der Waals surface area contributed by atoms with Crippen LogP contribution in [0, 0.1) is 0 Å². The highest BCUT2D eigenvalue weighted by Crippen LogP contribution is 2.38. The minimum atomic E-state index is -4.82. The van der Waals surface area contributed by atoms with E-state index in [0.29, 0.717) is 28.9 Å². The van der Waals surface area contributed by atoms with Crippen molar-refractivity contribution in [2.75, 3.05) is 5.75 Å². The average Bonchev–Trinajstić information content (AvgIpc) is 3.16. The number of benzene rings is 2. The predicted molar refractivity (Wildman–Crippen MR) is 121 cm³/mol. The van der Waals surface area contributed by atoms with Gasteiger partial charge in [-0.1, -0.05) is 36.7 Å². The third-order valence-corrected chi connectivity index (χ3v) is 7.60. The predicted octanol–water partition coefficient (Wildman–Crippen LogP) is 6.63. The summed E-state index contributed by atoms with van der Waals surface area (Å²) in [5, 5.41) is 0.311. The zero-order valence-electron chi connectivity index (χ0n) is 18.3. The van der Waals surface area contributed by atoms with Crippen molar-refractivity contribution in [1.29, 1.82) is 0 Å². The standard InChI is InChI=1S/C23H16ClF6N3O2S/c1-2-36(34,35)19-10-14(22(25,26)27)7-8-16(19)20-32-18-9-15(23(28,29)30)11-31-21(18)33(20)12-13-5-3-4-6-17(13)24/h3-11H,2,12H2,1H3. The van der Waals surface area contributed by atoms with Crippen molar-refractivity contribution in [3.63, 3.8) is 0 Å². The lowest BCUT2D eigenvalue weighted by atomic mass is 10.1. The van der Waals surface area contributed by atoms with Gasteiger partial charge in [-0.15, -0.1) is 0 Å². The first kappa shape index (κ1) is 26.0. The first-order valence-electron chi connectivity index (χ1n) is 10.3. The van der Waals surface area contributed by atoms with Gasteiger partial charge in [-0.05, 0) is 35.9 Å². The second-order valence-corrected chi connectivity index (χ2v) is 10.4. The molecule has 0 unspecified atom stereocenters. The summed E-state index contributed by atoms with van der Waals surface area (Å²) in [6.45, 7) is 1.18. The highest BCUT2D eigenvalue weighted by atomic mass is 35.5. The molecule has 2 aromatic carbocycles. The summed E-state index contributed by atoms with van der Waals surface area (Å²) in [6.07, 6.45) is -8.94. The van der Waals surface area contributed by atoms with E-state index in [0.717, 1.165) is 12.1 Å². The maximum atomic E-state index is 13.4. The number of nitrogens with zero attached hydrogens (tertiary/aromatic N) is 3. The van der Waals surface area contributed by atoms with E-state index in [9.17, 15) is 34.8 Å². The number of hydrogen-bond donors (Lipinski definition) is 0. The topological polar surface area (TPSA) is 64.8 Å². The van der Waals surface area contributed by atoms with Gasteiger partial charge in [0.15, 0.2) is 15.5 Å². The fourth-order valence-electron chi connectivity index (χ4n) is 3.61. The summed E-state index contributed by atoms with van der Waals surface area (Å²) in [7, 11) is -4.21. The lowest BCUT2D eigenvalue weighted by Crippen LogP contribution is -2.12. The Morgan fingerprint density at radius 1 is 0.944 bits per heavy atom. The number of rotatable bonds is 5. The number of sulfone groups is 1. The van der Waals surface area contributed by atoms with Gasteiger partial charge >= 0.3 is 12.4 Å². The molecule has 5 nitrogen and oxygen atoms in total. The van der Waals surface area contributed by atoms with Gasteiger partial charge in [0.25, 0.3) is 0 Å². The van der Waals surface area contributed by atoms with Gasteiger partial charge in [0.05, 0.1) is 28.3 Å². The van der Waals surface area contributed by atoms with Crippen molar-refractivity contribution in [2.24, 2.45) is 0 Å². The number of alkyl halides is 6. The maximum Gasteiger partial charge on any atom is 0.417 e. The summed E-state index contributed by atoms with van der Waals surface area (Å²) in [5.41, 5.74) is -2.22. The lowest BCUT2D eigenvalue weighted by molar-refractivity contribution is -0.138. The van der Waals surface area contributed by atoms with E-state index in [-0.39, 0.29) is 29.1 Å². The molecule has 0 atom stereocenters. The molecule has 0 amide bonds. The first-order chi connectivity index (χ1) is 16.7. The molecular weight excluding hydrogens is 532 g/mol. The van der Waals surface area contributed by atoms with Gasteiger partial charge in [-0.3, -0.25) is 0 Å². The molecule has 2 heterocycles. The zero-order valence-corrected chi connectivity index (χ0v) is 19.9. The molecule has 0 fully saturated rings. The summed E-state index contributed by atoms with van der Waals surface area (Å²) >= 11 is 6.25. The largest absolute Gasteiger partial charge is 0.417 e. The van der Waals surface area contributed by atoms with E-state index in [1.54, 1.807) is 24.3 Å². The van der Waals surface area contributed by atoms with Gasteiger partial charge in [0, 0.05) is 16.8 Å². The van der Waals surface area contributed by atoms with Crippen molar-refractivity contribution in [3.05, 3.63) is 76.4 Å². The van der Waals surface area contributed by atoms with Gasteiger partial charge < -0.3 is 4.57 Å². The van der Waals surface area contributed by atoms with Crippen LogP contribution in [-0.4, -0.2) is 28.7 Å². The fraction of sp³-hybridized carbons (Fsp3) is 0.217. The summed E-state index contributed by atoms with van der Waals surface area (Å²) in [5.74, 6) is -0.680. The average molecular weight is 548 g/mol. The second kappa shape index (κ2) is 9.07. The molecule has 4 aromatic rings. The van der Waals surface area contributed by atoms with Crippen molar-refractivity contribution in [1.82, 2.24) is 14.5 Å². The molecule has 0 aliphatic carbocycles. The van der Waals surface area contributed by atoms with Crippen molar-refractivity contribution >= 4 is 32.6 Å². The Balaban J connectivity index is 2.05. The molecule has 0 N–H and O–H groups in total. The van der Waals surface area contributed by atoms with E-state index in [2.05, 4.69) is 9.97 Å². The molecule has 0 aliphatic rings. The van der Waals surface area contributed by atoms with Crippen LogP contribution in [0.25, 0.3) is 22.6 Å². The molecule has 190 valence electrons. The minimum Gasteiger partial charge on any atom is -0.304 e. The van der Waals surface area contributed by atoms with E-state index in [1.165, 1.54) is 11.5 Å². The second-order valence-electron chi connectivity index (χ2n) is 7.79. The quantitative estimate of drug-likeness (QED) is 0.263. The third-order valence-electron chi connectivity index (χ3n) is 5.46. The van der Waals surface area contributed by atoms with Crippen LogP contribution in [0.15, 0.2) is 59.6 Å². The number of aromatic nitrogens is 3. The molecule has 4 rings (SSSR count). The summed E-state index contributed by atoms with van der Waals surface area (Å²) in [4.78, 5) is 7.44. The van der Waals surface area contributed by atoms with Crippen LogP contribution in [0.4, 0.5) is 26.3 Å². The Morgan fingerprint density at radius 3 is 2.22 bits per heavy atom. The summed E-state index contributed by atoms with van der Waals surface area (Å²) in [6, 6.07) is 9.43. The van der Waals surface area contributed by atoms with Gasteiger partial charge in [0.1, 0.15) is 11.3 Å². The Morgan fingerprint density at radius 2 is 1.61 bits per heavy atom. The molecule has 0 bridgehead atoms. The van der Waals surface area contributed by atoms with Crippen molar-refractivity contribution in [3.8, 4) is 11.4 Å². The monoisotopic (exact) mass is 547 g/mol. The number of pyridine rings is 1. The van der Waals surface area contributed by atoms with Crippen molar-refractivity contribution in [2.45, 2.75) is 30.7 Å². The van der Waals surface area contributed by atoms with Crippen molar-refractivity contribution < 1.29 is 34.8 Å². The van der Waals surface area contributed by atoms with E-state index in [4.69, 9.17) is 11.6 Å². The van der Waals surface area contributed by atoms with Crippen LogP contribution in [0.2, 0.25) is 5.02 Å². The number of halogens is 7. The maximum absolute atomic E-state index is 13.4. The third kappa shape index (κ3) is 4.92. The molecule has 0 spiro atoms. The van der Waals surface area contributed by atoms with Gasteiger partial charge in [-0.25, -0.2) is 18.4 Å². The SMILES string of the molecule is CCS(=O)(=O)c1cc(C(F)(F)F)ccc1-c1nc2cc(C(F)(F)F)cnc2n1Cc1ccccc1Cl. The molecule has 13 heteroatoms. The first-order valence-corrected chi connectivity index (χ1v) is 12.4. The molecule has 2 aromatic heterocycles. The fourth-order valence-corrected chi connectivity index (χ4v) is 4.92. The van der Waals surface area contributed by atoms with E-state index >= 15 is 0 Å². The molecule has 0 radical (unpaired) electrons. The van der Waals surface area contributed by atoms with Crippen LogP contribution in [0.3, 0.4) is 0 Å². The molecule has 0 saturated heterocycles. The molecule has 36 heavy (non-hydrogen) atoms. The van der Waals surface area contributed by atoms with Gasteiger partial charge in [0.2, 0.25) is 0 Å². The number of hydrogen-bond acceptors (Lipinski definition) is 4. The normalized spacial score (nSPS) is 12.9. The van der Waals surface area contributed by atoms with Crippen LogP contribution < -0.4 is 0 Å². The highest BCUT2D eigenvalue weighted by molar-refractivity contribution is 7.91. The van der Waals surface area contributed by atoms with Crippen LogP contribution >= 0.6 is 11.6 Å². The summed E-state index contributed by atoms with van der Waals surface area (Å²) < 4.78 is 107. The number of imidazole rings is 1. The van der Waals surface area contributed by atoms with Gasteiger partial charge in [-0.2, -0.15) is 26.3 Å². The Bertz CT molecular complexity index is 1560. The molecular formula is C23H16ClF6N3O2S. The Labute approximate surface area is 206 Å². The molecule has 0 saturated carbocycles. The van der Waals surface area contributed by atoms with Crippen LogP contribution in [0.1, 0.15) is 23.6 Å². The van der Waals surface area contributed by atoms with Crippen LogP contribution in [0.5, 0.6) is 0 Å². The smallest absolute Gasteiger partial charge is 0.304 e. The number of fused-ring (bicyclic) bond motifs is 1. The van der Waals surface area contributed by atoms with E-state index < -0.39 is 44.0 Å². The molecule has 0 aliphatic heterocycles. The Kier molecular flexibility index (Phi) is 6.54. The highest BCUT2D eigenvalue weighted by Gasteiger charge is 2.35. The van der Waals surface area contributed by atoms with E-state index in [1.807, 2.05) is 0 Å². The van der Waals surface area contributed by atoms with Crippen LogP contribution in [-0.2, 0) is 28.7 Å².